The molecule has 0 heterocycles. The molecule has 0 aromatic heterocycles. The van der Waals surface area contributed by atoms with Crippen molar-refractivity contribution in [2.24, 2.45) is 10.3 Å². The Morgan fingerprint density at radius 1 is 0.750 bits per heavy atom. The molecule has 0 N–H and O–H groups in total. The first-order chi connectivity index (χ1) is 19.4. The largest absolute Gasteiger partial charge is 0.490 e. The lowest BCUT2D eigenvalue weighted by Crippen LogP contribution is -2.24. The van der Waals surface area contributed by atoms with Crippen molar-refractivity contribution in [3.8, 4) is 17.2 Å². The van der Waals surface area contributed by atoms with Gasteiger partial charge in [-0.2, -0.15) is 0 Å². The predicted octanol–water partition coefficient (Wildman–Crippen LogP) is 8.55. The second-order valence-electron chi connectivity index (χ2n) is 9.79. The Morgan fingerprint density at radius 3 is 1.65 bits per heavy atom. The van der Waals surface area contributed by atoms with Gasteiger partial charge in [-0.3, -0.25) is 0 Å². The Bertz CT molecular complexity index is 892. The topological polar surface area (TPSA) is 70.9 Å². The number of thioether (sulfide) groups is 1. The summed E-state index contributed by atoms with van der Waals surface area (Å²) >= 11 is 1.89. The summed E-state index contributed by atoms with van der Waals surface area (Å²) in [6.07, 6.45) is 10.4. The van der Waals surface area contributed by atoms with Gasteiger partial charge in [0.25, 0.3) is 0 Å². The van der Waals surface area contributed by atoms with Gasteiger partial charge >= 0.3 is 0 Å². The fourth-order valence-electron chi connectivity index (χ4n) is 3.27. The van der Waals surface area contributed by atoms with E-state index in [-0.39, 0.29) is 12.2 Å². The number of ether oxygens (including phenoxy) is 3. The summed E-state index contributed by atoms with van der Waals surface area (Å²) < 4.78 is 17.3. The van der Waals surface area contributed by atoms with Crippen LogP contribution in [0.3, 0.4) is 0 Å². The van der Waals surface area contributed by atoms with Gasteiger partial charge in [0.15, 0.2) is 13.2 Å². The van der Waals surface area contributed by atoms with Crippen LogP contribution in [0, 0.1) is 0 Å². The van der Waals surface area contributed by atoms with Gasteiger partial charge in [-0.15, -0.1) is 11.8 Å². The number of oxime groups is 2. The van der Waals surface area contributed by atoms with E-state index < -0.39 is 0 Å². The van der Waals surface area contributed by atoms with Crippen molar-refractivity contribution in [1.82, 2.24) is 0 Å². The van der Waals surface area contributed by atoms with Crippen LogP contribution >= 0.6 is 11.8 Å². The first-order valence-electron chi connectivity index (χ1n) is 14.6. The van der Waals surface area contributed by atoms with E-state index in [0.717, 1.165) is 30.1 Å². The molecule has 7 nitrogen and oxygen atoms in total. The fraction of sp³-hybridized carbons (Fsp3) is 0.562. The summed E-state index contributed by atoms with van der Waals surface area (Å²) in [5.41, 5.74) is 0. The highest BCUT2D eigenvalue weighted by atomic mass is 32.2. The average molecular weight is 573 g/mol. The van der Waals surface area contributed by atoms with E-state index in [1.54, 1.807) is 12.4 Å². The second kappa shape index (κ2) is 20.1. The minimum atomic E-state index is -0.0394. The van der Waals surface area contributed by atoms with Crippen molar-refractivity contribution in [2.75, 3.05) is 13.2 Å². The molecule has 3 rings (SSSR count). The van der Waals surface area contributed by atoms with Crippen LogP contribution in [0.15, 0.2) is 63.7 Å². The summed E-state index contributed by atoms with van der Waals surface area (Å²) in [4.78, 5) is 11.5. The van der Waals surface area contributed by atoms with E-state index in [2.05, 4.69) is 36.3 Å². The van der Waals surface area contributed by atoms with Crippen molar-refractivity contribution in [1.29, 1.82) is 0 Å². The summed E-state index contributed by atoms with van der Waals surface area (Å²) in [5, 5.41) is 8.27. The van der Waals surface area contributed by atoms with Crippen LogP contribution in [0.25, 0.3) is 0 Å². The minimum absolute atomic E-state index is 0.0166. The molecule has 0 saturated heterocycles. The molecule has 3 atom stereocenters. The highest BCUT2D eigenvalue weighted by Gasteiger charge is 2.19. The second-order valence-corrected chi connectivity index (χ2v) is 11.3. The van der Waals surface area contributed by atoms with Crippen molar-refractivity contribution in [3.05, 3.63) is 48.5 Å². The van der Waals surface area contributed by atoms with Gasteiger partial charge in [0, 0.05) is 22.6 Å². The zero-order chi connectivity index (χ0) is 29.0. The highest BCUT2D eigenvalue weighted by Crippen LogP contribution is 2.28. The zero-order valence-electron chi connectivity index (χ0n) is 25.1. The first-order valence-corrected chi connectivity index (χ1v) is 15.5. The minimum Gasteiger partial charge on any atom is -0.490 e. The van der Waals surface area contributed by atoms with Crippen LogP contribution in [-0.2, 0) is 9.68 Å². The van der Waals surface area contributed by atoms with Gasteiger partial charge in [0.2, 0.25) is 0 Å². The Kier molecular flexibility index (Phi) is 16.7. The molecule has 40 heavy (non-hydrogen) atoms. The van der Waals surface area contributed by atoms with Crippen LogP contribution < -0.4 is 14.2 Å². The van der Waals surface area contributed by atoms with Crippen LogP contribution in [0.2, 0.25) is 0 Å². The van der Waals surface area contributed by atoms with Gasteiger partial charge in [-0.1, -0.05) is 38.0 Å². The molecule has 1 fully saturated rings. The van der Waals surface area contributed by atoms with Crippen molar-refractivity contribution in [3.63, 3.8) is 0 Å². The SMILES string of the molecule is CCC=NOCC(C)Oc1ccc(OC2CCC2)cc1.CCC=NOCC(C)Oc1ccc(SC(C)CC)cc1. The van der Waals surface area contributed by atoms with E-state index in [4.69, 9.17) is 23.9 Å². The molecule has 8 heteroatoms. The van der Waals surface area contributed by atoms with Gasteiger partial charge in [-0.05, 0) is 101 Å². The number of benzene rings is 2. The number of nitrogens with zero attached hydrogens (tertiary/aromatic N) is 2. The maximum Gasteiger partial charge on any atom is 0.153 e. The molecule has 0 amide bonds. The molecule has 1 saturated carbocycles. The number of hydrogen-bond donors (Lipinski definition) is 0. The molecule has 0 radical (unpaired) electrons. The first kappa shape index (κ1) is 33.3. The summed E-state index contributed by atoms with van der Waals surface area (Å²) in [6.45, 7) is 13.3. The van der Waals surface area contributed by atoms with Crippen LogP contribution in [0.4, 0.5) is 0 Å². The summed E-state index contributed by atoms with van der Waals surface area (Å²) in [6, 6.07) is 16.0. The number of hydrogen-bond acceptors (Lipinski definition) is 8. The smallest absolute Gasteiger partial charge is 0.153 e. The van der Waals surface area contributed by atoms with Gasteiger partial charge in [0.1, 0.15) is 29.5 Å². The molecule has 2 aromatic carbocycles. The van der Waals surface area contributed by atoms with E-state index >= 15 is 0 Å². The van der Waals surface area contributed by atoms with Gasteiger partial charge < -0.3 is 23.9 Å². The van der Waals surface area contributed by atoms with E-state index in [1.165, 1.54) is 30.6 Å². The molecule has 3 unspecified atom stereocenters. The van der Waals surface area contributed by atoms with Crippen molar-refractivity contribution >= 4 is 24.2 Å². The molecule has 0 bridgehead atoms. The molecule has 0 spiro atoms. The van der Waals surface area contributed by atoms with Crippen LogP contribution in [0.5, 0.6) is 17.2 Å². The lowest BCUT2D eigenvalue weighted by atomic mass is 9.96. The Morgan fingerprint density at radius 2 is 1.23 bits per heavy atom. The fourth-order valence-corrected chi connectivity index (χ4v) is 4.20. The van der Waals surface area contributed by atoms with E-state index in [0.29, 0.717) is 24.6 Å². The average Bonchev–Trinajstić information content (AvgIpc) is 2.93. The molecule has 1 aliphatic rings. The molecular weight excluding hydrogens is 524 g/mol. The lowest BCUT2D eigenvalue weighted by Gasteiger charge is -2.26. The van der Waals surface area contributed by atoms with Gasteiger partial charge in [0.05, 0.1) is 6.10 Å². The van der Waals surface area contributed by atoms with Crippen molar-refractivity contribution in [2.45, 2.75) is 109 Å². The normalized spacial score (nSPS) is 15.4. The molecule has 2 aromatic rings. The molecule has 1 aliphatic carbocycles. The third-order valence-electron chi connectivity index (χ3n) is 5.87. The highest BCUT2D eigenvalue weighted by molar-refractivity contribution is 7.99. The predicted molar refractivity (Wildman–Crippen MR) is 166 cm³/mol. The maximum atomic E-state index is 5.80. The number of rotatable bonds is 17. The third-order valence-corrected chi connectivity index (χ3v) is 7.15. The quantitative estimate of drug-likeness (QED) is 0.107. The Balaban J connectivity index is 0.000000280. The van der Waals surface area contributed by atoms with Crippen LogP contribution in [0.1, 0.15) is 80.1 Å². The monoisotopic (exact) mass is 572 g/mol. The molecule has 222 valence electrons. The maximum absolute atomic E-state index is 5.80. The van der Waals surface area contributed by atoms with E-state index in [1.807, 2.05) is 75.9 Å². The summed E-state index contributed by atoms with van der Waals surface area (Å²) in [5.74, 6) is 2.61. The zero-order valence-corrected chi connectivity index (χ0v) is 25.9. The Hall–Kier alpha value is -2.87. The van der Waals surface area contributed by atoms with Gasteiger partial charge in [-0.25, -0.2) is 0 Å². The third kappa shape index (κ3) is 14.5. The standard InChI is InChI=1S/C16H23NO3.C16H25NO2S/c1-3-11-17-18-12-13(2)19-15-7-9-16(10-8-15)20-14-5-4-6-14;1-5-11-17-18-12-13(3)19-15-7-9-16(10-8-15)20-14(4)6-2/h7-11,13-14H,3-6,12H2,1-2H3;7-11,13-14H,5-6,12H2,1-4H3. The van der Waals surface area contributed by atoms with Crippen LogP contribution in [-0.4, -0.2) is 49.2 Å². The molecular formula is C32H48N2O5S. The Labute approximate surface area is 245 Å². The van der Waals surface area contributed by atoms with Crippen molar-refractivity contribution < 1.29 is 23.9 Å². The molecule has 0 aliphatic heterocycles. The lowest BCUT2D eigenvalue weighted by molar-refractivity contribution is 0.0634. The van der Waals surface area contributed by atoms with E-state index in [9.17, 15) is 0 Å². The summed E-state index contributed by atoms with van der Waals surface area (Å²) in [7, 11) is 0.